The minimum atomic E-state index is -0.159. The van der Waals surface area contributed by atoms with Gasteiger partial charge in [-0.15, -0.1) is 0 Å². The second-order valence-electron chi connectivity index (χ2n) is 5.11. The number of benzene rings is 1. The summed E-state index contributed by atoms with van der Waals surface area (Å²) in [5.41, 5.74) is 0.454. The summed E-state index contributed by atoms with van der Waals surface area (Å²) in [5, 5.41) is 0.832. The van der Waals surface area contributed by atoms with Crippen LogP contribution in [0.15, 0.2) is 18.2 Å². The van der Waals surface area contributed by atoms with E-state index in [1.807, 2.05) is 0 Å². The van der Waals surface area contributed by atoms with Crippen molar-refractivity contribution >= 4 is 40.7 Å². The molecule has 0 spiro atoms. The summed E-state index contributed by atoms with van der Waals surface area (Å²) in [6, 6.07) is 4.84. The van der Waals surface area contributed by atoms with Crippen molar-refractivity contribution in [2.24, 2.45) is 11.8 Å². The highest BCUT2D eigenvalue weighted by atomic mass is 35.5. The number of nitrogens with zero attached hydrogens (tertiary/aromatic N) is 1. The normalized spacial score (nSPS) is 26.7. The van der Waals surface area contributed by atoms with Gasteiger partial charge in [0, 0.05) is 5.02 Å². The van der Waals surface area contributed by atoms with Crippen LogP contribution in [-0.4, -0.2) is 11.8 Å². The van der Waals surface area contributed by atoms with Crippen molar-refractivity contribution in [3.63, 3.8) is 0 Å². The molecule has 1 saturated carbocycles. The van der Waals surface area contributed by atoms with Crippen molar-refractivity contribution in [1.82, 2.24) is 0 Å². The van der Waals surface area contributed by atoms with Gasteiger partial charge in [0.2, 0.25) is 11.8 Å². The Kier molecular flexibility index (Phi) is 3.27. The molecule has 3 nitrogen and oxygen atoms in total. The molecule has 2 aliphatic rings. The molecular formula is C14H13Cl2NO2. The number of fused-ring (bicyclic) bond motifs is 1. The summed E-state index contributed by atoms with van der Waals surface area (Å²) >= 11 is 12.0. The lowest BCUT2D eigenvalue weighted by atomic mass is 9.81. The van der Waals surface area contributed by atoms with Crippen molar-refractivity contribution in [2.45, 2.75) is 25.7 Å². The van der Waals surface area contributed by atoms with Crippen molar-refractivity contribution in [3.8, 4) is 0 Å². The maximum atomic E-state index is 12.4. The van der Waals surface area contributed by atoms with Crippen LogP contribution < -0.4 is 4.90 Å². The number of carbonyl (C=O) groups is 2. The molecule has 1 aromatic rings. The largest absolute Gasteiger partial charge is 0.274 e. The summed E-state index contributed by atoms with van der Waals surface area (Å²) < 4.78 is 0. The molecule has 100 valence electrons. The zero-order valence-electron chi connectivity index (χ0n) is 10.2. The van der Waals surface area contributed by atoms with Crippen LogP contribution in [0.2, 0.25) is 10.0 Å². The molecule has 1 heterocycles. The molecule has 0 aromatic heterocycles. The van der Waals surface area contributed by atoms with Gasteiger partial charge >= 0.3 is 0 Å². The van der Waals surface area contributed by atoms with Crippen LogP contribution in [-0.2, 0) is 9.59 Å². The average Bonchev–Trinajstić information content (AvgIpc) is 2.64. The highest BCUT2D eigenvalue weighted by Gasteiger charge is 2.49. The first-order chi connectivity index (χ1) is 9.09. The zero-order chi connectivity index (χ0) is 13.6. The third-order valence-electron chi connectivity index (χ3n) is 3.99. The molecule has 1 saturated heterocycles. The Labute approximate surface area is 121 Å². The second-order valence-corrected chi connectivity index (χ2v) is 5.95. The summed E-state index contributed by atoms with van der Waals surface area (Å²) in [7, 11) is 0. The second kappa shape index (κ2) is 4.80. The molecule has 2 atom stereocenters. The summed E-state index contributed by atoms with van der Waals surface area (Å²) in [6.45, 7) is 0. The molecule has 2 amide bonds. The number of hydrogen-bond acceptors (Lipinski definition) is 2. The Morgan fingerprint density at radius 1 is 1.00 bits per heavy atom. The van der Waals surface area contributed by atoms with Crippen LogP contribution in [0.3, 0.4) is 0 Å². The van der Waals surface area contributed by atoms with Gasteiger partial charge in [-0.25, -0.2) is 4.90 Å². The number of hydrogen-bond donors (Lipinski definition) is 0. The van der Waals surface area contributed by atoms with Crippen molar-refractivity contribution < 1.29 is 9.59 Å². The Hall–Kier alpha value is -1.06. The fourth-order valence-corrected chi connectivity index (χ4v) is 3.56. The van der Waals surface area contributed by atoms with E-state index in [1.165, 1.54) is 4.90 Å². The number of rotatable bonds is 1. The van der Waals surface area contributed by atoms with Gasteiger partial charge in [-0.3, -0.25) is 9.59 Å². The Balaban J connectivity index is 2.00. The Bertz CT molecular complexity index is 534. The molecule has 2 fully saturated rings. The van der Waals surface area contributed by atoms with Crippen molar-refractivity contribution in [1.29, 1.82) is 0 Å². The van der Waals surface area contributed by atoms with Gasteiger partial charge in [0.05, 0.1) is 22.5 Å². The molecule has 0 unspecified atom stereocenters. The lowest BCUT2D eigenvalue weighted by molar-refractivity contribution is -0.122. The lowest BCUT2D eigenvalue weighted by Crippen LogP contribution is -2.31. The molecule has 1 aliphatic heterocycles. The minimum Gasteiger partial charge on any atom is -0.274 e. The molecule has 1 aliphatic carbocycles. The maximum Gasteiger partial charge on any atom is 0.237 e. The van der Waals surface area contributed by atoms with E-state index in [2.05, 4.69) is 0 Å². The Morgan fingerprint density at radius 2 is 1.58 bits per heavy atom. The molecule has 3 rings (SSSR count). The highest BCUT2D eigenvalue weighted by molar-refractivity contribution is 6.38. The van der Waals surface area contributed by atoms with Crippen LogP contribution in [0, 0.1) is 11.8 Å². The lowest BCUT2D eigenvalue weighted by Gasteiger charge is -2.19. The van der Waals surface area contributed by atoms with Gasteiger partial charge in [0.1, 0.15) is 0 Å². The fraction of sp³-hybridized carbons (Fsp3) is 0.429. The smallest absolute Gasteiger partial charge is 0.237 e. The quantitative estimate of drug-likeness (QED) is 0.742. The van der Waals surface area contributed by atoms with E-state index in [0.717, 1.165) is 25.7 Å². The van der Waals surface area contributed by atoms with E-state index in [4.69, 9.17) is 23.2 Å². The van der Waals surface area contributed by atoms with Crippen LogP contribution in [0.25, 0.3) is 0 Å². The van der Waals surface area contributed by atoms with Crippen LogP contribution in [0.1, 0.15) is 25.7 Å². The Morgan fingerprint density at radius 3 is 2.11 bits per heavy atom. The summed E-state index contributed by atoms with van der Waals surface area (Å²) in [4.78, 5) is 26.1. The third kappa shape index (κ3) is 2.05. The fourth-order valence-electron chi connectivity index (χ4n) is 3.06. The first-order valence-corrected chi connectivity index (χ1v) is 7.18. The van der Waals surface area contributed by atoms with E-state index in [-0.39, 0.29) is 23.7 Å². The van der Waals surface area contributed by atoms with Gasteiger partial charge in [0.25, 0.3) is 0 Å². The number of amides is 2. The average molecular weight is 298 g/mol. The number of imide groups is 1. The molecule has 0 radical (unpaired) electrons. The molecule has 1 aromatic carbocycles. The molecule has 19 heavy (non-hydrogen) atoms. The first-order valence-electron chi connectivity index (χ1n) is 6.42. The maximum absolute atomic E-state index is 12.4. The van der Waals surface area contributed by atoms with Crippen LogP contribution >= 0.6 is 23.2 Å². The standard InChI is InChI=1S/C14H13Cl2NO2/c15-8-5-6-12(11(16)7-8)17-13(18)9-3-1-2-4-10(9)14(17)19/h5-7,9-10H,1-4H2/t9-,10-/m1/s1. The van der Waals surface area contributed by atoms with Gasteiger partial charge in [-0.05, 0) is 31.0 Å². The minimum absolute atomic E-state index is 0.112. The van der Waals surface area contributed by atoms with Crippen molar-refractivity contribution in [3.05, 3.63) is 28.2 Å². The monoisotopic (exact) mass is 297 g/mol. The first kappa shape index (κ1) is 12.9. The van der Waals surface area contributed by atoms with E-state index >= 15 is 0 Å². The van der Waals surface area contributed by atoms with Crippen molar-refractivity contribution in [2.75, 3.05) is 4.90 Å². The number of halogens is 2. The van der Waals surface area contributed by atoms with Crippen LogP contribution in [0.5, 0.6) is 0 Å². The molecule has 5 heteroatoms. The summed E-state index contributed by atoms with van der Waals surface area (Å²) in [6.07, 6.45) is 3.64. The summed E-state index contributed by atoms with van der Waals surface area (Å²) in [5.74, 6) is -0.543. The van der Waals surface area contributed by atoms with E-state index in [1.54, 1.807) is 18.2 Å². The number of anilines is 1. The molecule has 0 bridgehead atoms. The van der Waals surface area contributed by atoms with Gasteiger partial charge in [-0.2, -0.15) is 0 Å². The predicted octanol–water partition coefficient (Wildman–Crippen LogP) is 3.67. The topological polar surface area (TPSA) is 37.4 Å². The van der Waals surface area contributed by atoms with Gasteiger partial charge < -0.3 is 0 Å². The molecule has 0 N–H and O–H groups in total. The van der Waals surface area contributed by atoms with E-state index < -0.39 is 0 Å². The predicted molar refractivity (Wildman–Crippen MR) is 74.4 cm³/mol. The third-order valence-corrected chi connectivity index (χ3v) is 4.53. The SMILES string of the molecule is O=C1[C@@H]2CCCC[C@H]2C(=O)N1c1ccc(Cl)cc1Cl. The van der Waals surface area contributed by atoms with Gasteiger partial charge in [0.15, 0.2) is 0 Å². The van der Waals surface area contributed by atoms with Gasteiger partial charge in [-0.1, -0.05) is 36.0 Å². The van der Waals surface area contributed by atoms with Crippen LogP contribution in [0.4, 0.5) is 5.69 Å². The van der Waals surface area contributed by atoms with E-state index in [9.17, 15) is 9.59 Å². The molecular weight excluding hydrogens is 285 g/mol. The number of carbonyl (C=O) groups excluding carboxylic acids is 2. The zero-order valence-corrected chi connectivity index (χ0v) is 11.7. The highest BCUT2D eigenvalue weighted by Crippen LogP contribution is 2.42. The van der Waals surface area contributed by atoms with E-state index in [0.29, 0.717) is 15.7 Å².